The van der Waals surface area contributed by atoms with Gasteiger partial charge in [-0.2, -0.15) is 0 Å². The van der Waals surface area contributed by atoms with Gasteiger partial charge in [0.25, 0.3) is 0 Å². The minimum absolute atomic E-state index is 0.210. The van der Waals surface area contributed by atoms with Gasteiger partial charge < -0.3 is 14.1 Å². The zero-order chi connectivity index (χ0) is 22.5. The molecule has 1 heterocycles. The Hall–Kier alpha value is -3.06. The second-order valence-corrected chi connectivity index (χ2v) is 8.95. The lowest BCUT2D eigenvalue weighted by atomic mass is 10.1. The molecule has 0 bridgehead atoms. The average Bonchev–Trinajstić information content (AvgIpc) is 3.25. The van der Waals surface area contributed by atoms with E-state index in [2.05, 4.69) is 17.1 Å². The Morgan fingerprint density at radius 3 is 2.62 bits per heavy atom. The van der Waals surface area contributed by atoms with E-state index in [1.165, 1.54) is 23.1 Å². The van der Waals surface area contributed by atoms with Crippen molar-refractivity contribution >= 4 is 23.6 Å². The van der Waals surface area contributed by atoms with Crippen molar-refractivity contribution in [1.29, 1.82) is 0 Å². The van der Waals surface area contributed by atoms with Gasteiger partial charge >= 0.3 is 5.97 Å². The molecular formula is C25H25FN2O3S. The maximum atomic E-state index is 14.1. The van der Waals surface area contributed by atoms with Crippen molar-refractivity contribution in [2.24, 2.45) is 0 Å². The number of nitrogens with zero attached hydrogens (tertiary/aromatic N) is 2. The number of benzene rings is 2. The van der Waals surface area contributed by atoms with Crippen LogP contribution in [-0.2, 0) is 19.4 Å². The summed E-state index contributed by atoms with van der Waals surface area (Å²) in [4.78, 5) is 16.2. The van der Waals surface area contributed by atoms with E-state index in [4.69, 9.17) is 9.84 Å². The standard InChI is InChI=1S/C25H25FN2O3S/c1-17(26)15-28(32-22-6-3-11-27-14-22)23-12-20-4-2-5-21(20)13-24(23)31-16-18-7-9-19(10-8-18)25(29)30/h3,6-14,17H,2,4-5,15-16H2,1H3,(H,29,30). The number of halogens is 1. The van der Waals surface area contributed by atoms with Crippen LogP contribution in [0.15, 0.2) is 65.8 Å². The fraction of sp³-hybridized carbons (Fsp3) is 0.280. The van der Waals surface area contributed by atoms with Gasteiger partial charge in [0.15, 0.2) is 0 Å². The normalized spacial score (nSPS) is 13.4. The molecule has 1 aromatic heterocycles. The van der Waals surface area contributed by atoms with Crippen molar-refractivity contribution in [3.8, 4) is 5.75 Å². The Bertz CT molecular complexity index is 1070. The molecule has 1 unspecified atom stereocenters. The van der Waals surface area contributed by atoms with Gasteiger partial charge in [-0.1, -0.05) is 12.1 Å². The molecule has 7 heteroatoms. The molecule has 0 saturated heterocycles. The summed E-state index contributed by atoms with van der Waals surface area (Å²) in [6, 6.07) is 14.6. The highest BCUT2D eigenvalue weighted by Gasteiger charge is 2.22. The first-order valence-corrected chi connectivity index (χ1v) is 11.4. The molecule has 1 aliphatic carbocycles. The van der Waals surface area contributed by atoms with Crippen molar-refractivity contribution in [2.45, 2.75) is 43.9 Å². The molecular weight excluding hydrogens is 427 g/mol. The Kier molecular flexibility index (Phi) is 6.95. The van der Waals surface area contributed by atoms with Crippen LogP contribution in [0.25, 0.3) is 0 Å². The number of aromatic carboxylic acids is 1. The smallest absolute Gasteiger partial charge is 0.335 e. The van der Waals surface area contributed by atoms with Crippen LogP contribution in [0.2, 0.25) is 0 Å². The predicted octanol–water partition coefficient (Wildman–Crippen LogP) is 5.72. The summed E-state index contributed by atoms with van der Waals surface area (Å²) in [5.74, 6) is -0.258. The Morgan fingerprint density at radius 2 is 1.97 bits per heavy atom. The molecule has 0 radical (unpaired) electrons. The van der Waals surface area contributed by atoms with E-state index in [0.717, 1.165) is 35.4 Å². The van der Waals surface area contributed by atoms with Gasteiger partial charge in [0.2, 0.25) is 0 Å². The minimum Gasteiger partial charge on any atom is -0.487 e. The molecule has 0 aliphatic heterocycles. The van der Waals surface area contributed by atoms with Crippen molar-refractivity contribution in [2.75, 3.05) is 10.8 Å². The first kappa shape index (κ1) is 22.1. The highest BCUT2D eigenvalue weighted by molar-refractivity contribution is 8.00. The summed E-state index contributed by atoms with van der Waals surface area (Å²) >= 11 is 1.44. The number of hydrogen-bond acceptors (Lipinski definition) is 5. The topological polar surface area (TPSA) is 62.7 Å². The first-order chi connectivity index (χ1) is 15.5. The third-order valence-corrected chi connectivity index (χ3v) is 6.32. The molecule has 1 atom stereocenters. The fourth-order valence-electron chi connectivity index (χ4n) is 3.75. The minimum atomic E-state index is -1.02. The van der Waals surface area contributed by atoms with Crippen molar-refractivity contribution in [3.05, 3.63) is 83.2 Å². The molecule has 0 amide bonds. The van der Waals surface area contributed by atoms with Crippen molar-refractivity contribution in [1.82, 2.24) is 4.98 Å². The summed E-state index contributed by atoms with van der Waals surface area (Å²) in [5.41, 5.74) is 4.49. The SMILES string of the molecule is CC(F)CN(Sc1cccnc1)c1cc2c(cc1OCc1ccc(C(=O)O)cc1)CCC2. The van der Waals surface area contributed by atoms with Gasteiger partial charge in [-0.05, 0) is 91.2 Å². The van der Waals surface area contributed by atoms with E-state index in [1.807, 2.05) is 16.4 Å². The number of anilines is 1. The maximum absolute atomic E-state index is 14.1. The molecule has 32 heavy (non-hydrogen) atoms. The number of carboxylic acids is 1. The lowest BCUT2D eigenvalue weighted by molar-refractivity contribution is 0.0697. The number of fused-ring (bicyclic) bond motifs is 1. The third-order valence-electron chi connectivity index (χ3n) is 5.30. The summed E-state index contributed by atoms with van der Waals surface area (Å²) < 4.78 is 22.3. The van der Waals surface area contributed by atoms with Gasteiger partial charge in [-0.15, -0.1) is 0 Å². The van der Waals surface area contributed by atoms with Crippen LogP contribution in [0.5, 0.6) is 5.75 Å². The lowest BCUT2D eigenvalue weighted by Gasteiger charge is -2.27. The molecule has 0 fully saturated rings. The number of carbonyl (C=O) groups is 1. The summed E-state index contributed by atoms with van der Waals surface area (Å²) in [6.45, 7) is 2.05. The number of rotatable bonds is 9. The molecule has 5 nitrogen and oxygen atoms in total. The molecule has 1 aliphatic rings. The van der Waals surface area contributed by atoms with E-state index in [9.17, 15) is 9.18 Å². The van der Waals surface area contributed by atoms with E-state index in [1.54, 1.807) is 43.6 Å². The number of pyridine rings is 1. The quantitative estimate of drug-likeness (QED) is 0.419. The second-order valence-electron chi connectivity index (χ2n) is 7.85. The van der Waals surface area contributed by atoms with Crippen molar-refractivity contribution in [3.63, 3.8) is 0 Å². The number of carboxylic acid groups (broad SMARTS) is 1. The van der Waals surface area contributed by atoms with Crippen LogP contribution in [0.4, 0.5) is 10.1 Å². The number of alkyl halides is 1. The number of ether oxygens (including phenoxy) is 1. The zero-order valence-electron chi connectivity index (χ0n) is 17.8. The third kappa shape index (κ3) is 5.40. The average molecular weight is 453 g/mol. The Balaban J connectivity index is 1.62. The highest BCUT2D eigenvalue weighted by atomic mass is 32.2. The summed E-state index contributed by atoms with van der Waals surface area (Å²) in [7, 11) is 0. The van der Waals surface area contributed by atoms with Crippen LogP contribution in [-0.4, -0.2) is 28.8 Å². The number of aryl methyl sites for hydroxylation is 2. The summed E-state index contributed by atoms with van der Waals surface area (Å²) in [5, 5.41) is 9.09. The van der Waals surface area contributed by atoms with Crippen LogP contribution in [0, 0.1) is 0 Å². The van der Waals surface area contributed by atoms with Gasteiger partial charge in [-0.25, -0.2) is 9.18 Å². The highest BCUT2D eigenvalue weighted by Crippen LogP contribution is 2.40. The monoisotopic (exact) mass is 452 g/mol. The van der Waals surface area contributed by atoms with Gasteiger partial charge in [-0.3, -0.25) is 4.98 Å². The summed E-state index contributed by atoms with van der Waals surface area (Å²) in [6.07, 6.45) is 5.57. The zero-order valence-corrected chi connectivity index (χ0v) is 18.6. The van der Waals surface area contributed by atoms with Crippen LogP contribution in [0.3, 0.4) is 0 Å². The molecule has 4 rings (SSSR count). The first-order valence-electron chi connectivity index (χ1n) is 10.6. The lowest BCUT2D eigenvalue weighted by Crippen LogP contribution is -2.23. The van der Waals surface area contributed by atoms with Crippen LogP contribution < -0.4 is 9.04 Å². The van der Waals surface area contributed by atoms with E-state index >= 15 is 0 Å². The largest absolute Gasteiger partial charge is 0.487 e. The van der Waals surface area contributed by atoms with E-state index in [-0.39, 0.29) is 12.1 Å². The molecule has 166 valence electrons. The number of hydrogen-bond donors (Lipinski definition) is 1. The molecule has 0 saturated carbocycles. The van der Waals surface area contributed by atoms with Crippen molar-refractivity contribution < 1.29 is 19.0 Å². The Labute approximate surface area is 191 Å². The second kappa shape index (κ2) is 10.0. The van der Waals surface area contributed by atoms with Gasteiger partial charge in [0.05, 0.1) is 17.8 Å². The predicted molar refractivity (Wildman–Crippen MR) is 124 cm³/mol. The number of aromatic nitrogens is 1. The van der Waals surface area contributed by atoms with Gasteiger partial charge in [0, 0.05) is 17.3 Å². The molecule has 3 aromatic rings. The van der Waals surface area contributed by atoms with Crippen LogP contribution >= 0.6 is 11.9 Å². The van der Waals surface area contributed by atoms with Crippen LogP contribution in [0.1, 0.15) is 40.4 Å². The fourth-order valence-corrected chi connectivity index (χ4v) is 4.77. The maximum Gasteiger partial charge on any atom is 0.335 e. The molecule has 1 N–H and O–H groups in total. The molecule has 0 spiro atoms. The van der Waals surface area contributed by atoms with E-state index in [0.29, 0.717) is 12.4 Å². The van der Waals surface area contributed by atoms with Gasteiger partial charge in [0.1, 0.15) is 18.5 Å². The van der Waals surface area contributed by atoms with E-state index < -0.39 is 12.1 Å². The Morgan fingerprint density at radius 1 is 1.22 bits per heavy atom. The molecule has 2 aromatic carbocycles.